The lowest BCUT2D eigenvalue weighted by molar-refractivity contribution is -0.0411. The van der Waals surface area contributed by atoms with Crippen molar-refractivity contribution in [2.45, 2.75) is 62.8 Å². The van der Waals surface area contributed by atoms with Crippen molar-refractivity contribution in [2.75, 3.05) is 13.2 Å². The van der Waals surface area contributed by atoms with Gasteiger partial charge in [-0.1, -0.05) is 12.2 Å². The predicted octanol–water partition coefficient (Wildman–Crippen LogP) is 5.14. The van der Waals surface area contributed by atoms with Crippen molar-refractivity contribution in [2.24, 2.45) is 11.8 Å². The number of alkyl halides is 2. The molecular formula is C21H27F2NO2S. The molecule has 1 amide bonds. The Bertz CT molecular complexity index is 686. The molecule has 2 unspecified atom stereocenters. The summed E-state index contributed by atoms with van der Waals surface area (Å²) < 4.78 is 31.8. The normalized spacial score (nSPS) is 29.1. The average molecular weight is 396 g/mol. The molecule has 3 nitrogen and oxygen atoms in total. The van der Waals surface area contributed by atoms with Crippen molar-refractivity contribution in [1.82, 2.24) is 5.32 Å². The Hall–Kier alpha value is -1.27. The number of hydrogen-bond donors (Lipinski definition) is 1. The highest BCUT2D eigenvalue weighted by molar-refractivity contribution is 7.10. The number of rotatable bonds is 5. The molecule has 1 N–H and O–H groups in total. The van der Waals surface area contributed by atoms with Gasteiger partial charge >= 0.3 is 0 Å². The van der Waals surface area contributed by atoms with Crippen LogP contribution in [0.1, 0.15) is 66.1 Å². The Morgan fingerprint density at radius 2 is 1.93 bits per heavy atom. The van der Waals surface area contributed by atoms with Crippen LogP contribution in [0.4, 0.5) is 8.78 Å². The number of amides is 1. The molecule has 2 aliphatic carbocycles. The number of nitrogens with one attached hydrogen (secondary N) is 1. The molecule has 6 heteroatoms. The van der Waals surface area contributed by atoms with E-state index in [0.29, 0.717) is 43.8 Å². The van der Waals surface area contributed by atoms with Crippen molar-refractivity contribution in [3.8, 4) is 0 Å². The fourth-order valence-corrected chi connectivity index (χ4v) is 5.17. The van der Waals surface area contributed by atoms with Gasteiger partial charge in [0.05, 0.1) is 5.56 Å². The van der Waals surface area contributed by atoms with Gasteiger partial charge in [0.15, 0.2) is 0 Å². The zero-order chi connectivity index (χ0) is 18.9. The summed E-state index contributed by atoms with van der Waals surface area (Å²) in [6, 6.07) is 2.24. The lowest BCUT2D eigenvalue weighted by Crippen LogP contribution is -2.38. The van der Waals surface area contributed by atoms with Crippen molar-refractivity contribution >= 4 is 17.2 Å². The van der Waals surface area contributed by atoms with E-state index in [1.807, 2.05) is 11.4 Å². The molecule has 1 saturated heterocycles. The molecule has 2 atom stereocenters. The molecule has 4 rings (SSSR count). The van der Waals surface area contributed by atoms with Crippen molar-refractivity contribution in [3.63, 3.8) is 0 Å². The molecule has 0 aromatic carbocycles. The summed E-state index contributed by atoms with van der Waals surface area (Å²) in [6.07, 6.45) is 8.47. The monoisotopic (exact) mass is 395 g/mol. The first-order valence-electron chi connectivity index (χ1n) is 10.0. The zero-order valence-corrected chi connectivity index (χ0v) is 16.3. The van der Waals surface area contributed by atoms with Gasteiger partial charge in [0.1, 0.15) is 0 Å². The van der Waals surface area contributed by atoms with E-state index in [1.54, 1.807) is 11.3 Å². The highest BCUT2D eigenvalue weighted by Crippen LogP contribution is 2.50. The van der Waals surface area contributed by atoms with Crippen LogP contribution < -0.4 is 5.32 Å². The highest BCUT2D eigenvalue weighted by Gasteiger charge is 2.38. The molecule has 148 valence electrons. The van der Waals surface area contributed by atoms with Gasteiger partial charge in [0, 0.05) is 48.3 Å². The van der Waals surface area contributed by atoms with Crippen LogP contribution in [0, 0.1) is 11.8 Å². The van der Waals surface area contributed by atoms with Crippen LogP contribution >= 0.6 is 11.3 Å². The Kier molecular flexibility index (Phi) is 5.65. The lowest BCUT2D eigenvalue weighted by atomic mass is 9.86. The third kappa shape index (κ3) is 4.96. The second-order valence-electron chi connectivity index (χ2n) is 8.18. The summed E-state index contributed by atoms with van der Waals surface area (Å²) >= 11 is 1.66. The van der Waals surface area contributed by atoms with E-state index < -0.39 is 5.92 Å². The van der Waals surface area contributed by atoms with Gasteiger partial charge in [0.25, 0.3) is 5.91 Å². The molecular weight excluding hydrogens is 368 g/mol. The minimum atomic E-state index is -2.45. The van der Waals surface area contributed by atoms with Gasteiger partial charge in [-0.15, -0.1) is 11.3 Å². The van der Waals surface area contributed by atoms with Crippen LogP contribution in [-0.4, -0.2) is 31.1 Å². The Balaban J connectivity index is 1.26. The topological polar surface area (TPSA) is 38.3 Å². The molecule has 3 aliphatic rings. The molecule has 0 radical (unpaired) electrons. The maximum absolute atomic E-state index is 13.2. The quantitative estimate of drug-likeness (QED) is 0.701. The SMILES string of the molecule is O=C(NC1CCOCC1)c1csc(C2CC2C=CC2CCC(F)(F)CC2)c1. The lowest BCUT2D eigenvalue weighted by Gasteiger charge is -2.26. The second kappa shape index (κ2) is 8.00. The van der Waals surface area contributed by atoms with Crippen LogP contribution in [0.3, 0.4) is 0 Å². The largest absolute Gasteiger partial charge is 0.381 e. The van der Waals surface area contributed by atoms with Crippen LogP contribution in [0.5, 0.6) is 0 Å². The Morgan fingerprint density at radius 3 is 2.67 bits per heavy atom. The number of hydrogen-bond acceptors (Lipinski definition) is 3. The van der Waals surface area contributed by atoms with Crippen LogP contribution in [0.2, 0.25) is 0 Å². The molecule has 27 heavy (non-hydrogen) atoms. The van der Waals surface area contributed by atoms with E-state index in [2.05, 4.69) is 17.5 Å². The molecule has 3 fully saturated rings. The van der Waals surface area contributed by atoms with Crippen LogP contribution in [0.15, 0.2) is 23.6 Å². The summed E-state index contributed by atoms with van der Waals surface area (Å²) in [5, 5.41) is 5.06. The smallest absolute Gasteiger partial charge is 0.252 e. The van der Waals surface area contributed by atoms with Gasteiger partial charge in [-0.3, -0.25) is 4.79 Å². The van der Waals surface area contributed by atoms with E-state index in [1.165, 1.54) is 4.88 Å². The third-order valence-electron chi connectivity index (χ3n) is 6.04. The number of halogens is 2. The van der Waals surface area contributed by atoms with Crippen molar-refractivity contribution in [1.29, 1.82) is 0 Å². The van der Waals surface area contributed by atoms with Crippen molar-refractivity contribution in [3.05, 3.63) is 34.0 Å². The maximum atomic E-state index is 13.2. The van der Waals surface area contributed by atoms with E-state index in [9.17, 15) is 13.6 Å². The zero-order valence-electron chi connectivity index (χ0n) is 15.5. The van der Waals surface area contributed by atoms with Gasteiger partial charge < -0.3 is 10.1 Å². The number of carbonyl (C=O) groups is 1. The average Bonchev–Trinajstić information content (AvgIpc) is 3.26. The number of ether oxygens (including phenoxy) is 1. The first-order valence-corrected chi connectivity index (χ1v) is 10.9. The van der Waals surface area contributed by atoms with E-state index in [0.717, 1.165) is 24.8 Å². The summed E-state index contributed by atoms with van der Waals surface area (Å²) in [5.74, 6) is -1.15. The Labute approximate surface area is 163 Å². The molecule has 1 aliphatic heterocycles. The molecule has 2 heterocycles. The first kappa shape index (κ1) is 19.1. The van der Waals surface area contributed by atoms with Gasteiger partial charge in [-0.25, -0.2) is 8.78 Å². The van der Waals surface area contributed by atoms with E-state index >= 15 is 0 Å². The fourth-order valence-electron chi connectivity index (χ4n) is 4.09. The molecule has 0 bridgehead atoms. The second-order valence-corrected chi connectivity index (χ2v) is 9.12. The highest BCUT2D eigenvalue weighted by atomic mass is 32.1. The number of thiophene rings is 1. The number of carbonyl (C=O) groups excluding carboxylic acids is 1. The summed E-state index contributed by atoms with van der Waals surface area (Å²) in [6.45, 7) is 1.43. The Morgan fingerprint density at radius 1 is 1.19 bits per heavy atom. The van der Waals surface area contributed by atoms with Gasteiger partial charge in [-0.2, -0.15) is 0 Å². The summed E-state index contributed by atoms with van der Waals surface area (Å²) in [7, 11) is 0. The van der Waals surface area contributed by atoms with E-state index in [-0.39, 0.29) is 24.8 Å². The third-order valence-corrected chi connectivity index (χ3v) is 7.10. The van der Waals surface area contributed by atoms with Crippen molar-refractivity contribution < 1.29 is 18.3 Å². The van der Waals surface area contributed by atoms with Gasteiger partial charge in [0.2, 0.25) is 5.92 Å². The standard InChI is InChI=1S/C21H27F2NO2S/c22-21(23)7-3-14(4-8-21)1-2-15-11-18(15)19-12-16(13-27-19)20(25)24-17-5-9-26-10-6-17/h1-2,12-15,17-18H,3-11H2,(H,24,25). The molecule has 2 saturated carbocycles. The summed E-state index contributed by atoms with van der Waals surface area (Å²) in [5.41, 5.74) is 0.755. The van der Waals surface area contributed by atoms with Gasteiger partial charge in [-0.05, 0) is 50.0 Å². The van der Waals surface area contributed by atoms with E-state index in [4.69, 9.17) is 4.74 Å². The minimum Gasteiger partial charge on any atom is -0.381 e. The molecule has 1 aromatic rings. The molecule has 1 aromatic heterocycles. The summed E-state index contributed by atoms with van der Waals surface area (Å²) in [4.78, 5) is 13.7. The van der Waals surface area contributed by atoms with Crippen LogP contribution in [0.25, 0.3) is 0 Å². The minimum absolute atomic E-state index is 0.0141. The fraction of sp³-hybridized carbons (Fsp3) is 0.667. The molecule has 0 spiro atoms. The first-order chi connectivity index (χ1) is 13.0. The predicted molar refractivity (Wildman–Crippen MR) is 103 cm³/mol. The maximum Gasteiger partial charge on any atom is 0.252 e. The van der Waals surface area contributed by atoms with Crippen LogP contribution in [-0.2, 0) is 4.74 Å². The number of allylic oxidation sites excluding steroid dienone is 2.